The Morgan fingerprint density at radius 2 is 1.86 bits per heavy atom. The highest BCUT2D eigenvalue weighted by Crippen LogP contribution is 2.44. The second kappa shape index (κ2) is 6.75. The first-order valence-electron chi connectivity index (χ1n) is 9.59. The molecule has 2 atom stereocenters. The maximum atomic E-state index is 14.1. The number of benzene rings is 2. The largest absolute Gasteiger partial charge is 0.322 e. The normalized spacial score (nSPS) is 20.0. The van der Waals surface area contributed by atoms with Crippen molar-refractivity contribution in [3.63, 3.8) is 0 Å². The monoisotopic (exact) mass is 373 g/mol. The molecule has 0 spiro atoms. The van der Waals surface area contributed by atoms with Crippen LogP contribution in [-0.4, -0.2) is 22.0 Å². The van der Waals surface area contributed by atoms with Gasteiger partial charge in [-0.15, -0.1) is 0 Å². The molecule has 3 aromatic rings. The third-order valence-corrected chi connectivity index (χ3v) is 5.80. The molecule has 5 rings (SSSR count). The standard InChI is InChI=1S/C23H20FN3O/c24-22-20-14-18-9-10-21(19(20)11-12-25-22)27(18)23(28)26-17-8-4-7-16(13-17)15-5-2-1-3-6-15/h1-8,11-13,18,21H,9-10,14H2,(H,26,28)/t18-,21+/m1/s1. The fraction of sp³-hybridized carbons (Fsp3) is 0.217. The molecule has 4 nitrogen and oxygen atoms in total. The number of carbonyl (C=O) groups excluding carboxylic acids is 1. The summed E-state index contributed by atoms with van der Waals surface area (Å²) in [7, 11) is 0. The second-order valence-corrected chi connectivity index (χ2v) is 7.40. The van der Waals surface area contributed by atoms with Crippen LogP contribution in [0.4, 0.5) is 14.9 Å². The number of carbonyl (C=O) groups is 1. The van der Waals surface area contributed by atoms with Gasteiger partial charge in [-0.1, -0.05) is 42.5 Å². The highest BCUT2D eigenvalue weighted by atomic mass is 19.1. The Morgan fingerprint density at radius 1 is 1.04 bits per heavy atom. The molecule has 1 saturated heterocycles. The Morgan fingerprint density at radius 3 is 2.71 bits per heavy atom. The van der Waals surface area contributed by atoms with Gasteiger partial charge < -0.3 is 10.2 Å². The van der Waals surface area contributed by atoms with E-state index in [1.807, 2.05) is 65.6 Å². The van der Waals surface area contributed by atoms with E-state index < -0.39 is 5.95 Å². The molecule has 2 aromatic carbocycles. The van der Waals surface area contributed by atoms with Crippen LogP contribution in [0.1, 0.15) is 30.0 Å². The number of nitrogens with one attached hydrogen (secondary N) is 1. The van der Waals surface area contributed by atoms with Gasteiger partial charge in [-0.25, -0.2) is 9.78 Å². The lowest BCUT2D eigenvalue weighted by Gasteiger charge is -2.36. The average molecular weight is 373 g/mol. The Hall–Kier alpha value is -3.21. The number of anilines is 1. The van der Waals surface area contributed by atoms with Crippen LogP contribution >= 0.6 is 0 Å². The molecule has 5 heteroatoms. The van der Waals surface area contributed by atoms with Gasteiger partial charge in [0.05, 0.1) is 6.04 Å². The smallest absolute Gasteiger partial charge is 0.314 e. The van der Waals surface area contributed by atoms with Crippen LogP contribution in [0.2, 0.25) is 0 Å². The van der Waals surface area contributed by atoms with E-state index in [-0.39, 0.29) is 18.1 Å². The first-order valence-corrected chi connectivity index (χ1v) is 9.59. The molecule has 1 aromatic heterocycles. The molecule has 140 valence electrons. The van der Waals surface area contributed by atoms with Crippen LogP contribution in [0, 0.1) is 5.95 Å². The molecule has 28 heavy (non-hydrogen) atoms. The van der Waals surface area contributed by atoms with Crippen LogP contribution in [-0.2, 0) is 6.42 Å². The third-order valence-electron chi connectivity index (χ3n) is 5.80. The van der Waals surface area contributed by atoms with Crippen molar-refractivity contribution in [2.75, 3.05) is 5.32 Å². The Bertz CT molecular complexity index is 1040. The fourth-order valence-corrected chi connectivity index (χ4v) is 4.52. The molecule has 2 amide bonds. The maximum Gasteiger partial charge on any atom is 0.322 e. The minimum absolute atomic E-state index is 0.0218. The Balaban J connectivity index is 1.40. The molecule has 0 radical (unpaired) electrons. The molecule has 0 unspecified atom stereocenters. The van der Waals surface area contributed by atoms with Gasteiger partial charge in [0.2, 0.25) is 5.95 Å². The number of urea groups is 1. The van der Waals surface area contributed by atoms with Crippen LogP contribution in [0.25, 0.3) is 11.1 Å². The van der Waals surface area contributed by atoms with Gasteiger partial charge >= 0.3 is 6.03 Å². The fourth-order valence-electron chi connectivity index (χ4n) is 4.52. The zero-order chi connectivity index (χ0) is 19.1. The number of fused-ring (bicyclic) bond motifs is 4. The SMILES string of the molecule is O=C(Nc1cccc(-c2ccccc2)c1)N1[C@@H]2CC[C@H]1c1ccnc(F)c1C2. The number of nitrogens with zero attached hydrogens (tertiary/aromatic N) is 2. The van der Waals surface area contributed by atoms with Crippen molar-refractivity contribution in [1.29, 1.82) is 0 Å². The summed E-state index contributed by atoms with van der Waals surface area (Å²) in [6.07, 6.45) is 3.77. The highest BCUT2D eigenvalue weighted by Gasteiger charge is 2.43. The van der Waals surface area contributed by atoms with Crippen molar-refractivity contribution in [2.45, 2.75) is 31.3 Å². The molecule has 2 aliphatic heterocycles. The van der Waals surface area contributed by atoms with Crippen molar-refractivity contribution in [3.8, 4) is 11.1 Å². The van der Waals surface area contributed by atoms with E-state index in [1.54, 1.807) is 0 Å². The van der Waals surface area contributed by atoms with E-state index in [1.165, 1.54) is 6.20 Å². The topological polar surface area (TPSA) is 45.2 Å². The summed E-state index contributed by atoms with van der Waals surface area (Å²) < 4.78 is 14.1. The zero-order valence-electron chi connectivity index (χ0n) is 15.3. The summed E-state index contributed by atoms with van der Waals surface area (Å²) in [6, 6.07) is 19.6. The van der Waals surface area contributed by atoms with Crippen molar-refractivity contribution in [1.82, 2.24) is 9.88 Å². The first kappa shape index (κ1) is 16.9. The number of halogens is 1. The Kier molecular flexibility index (Phi) is 4.08. The van der Waals surface area contributed by atoms with Gasteiger partial charge in [-0.05, 0) is 54.2 Å². The average Bonchev–Trinajstić information content (AvgIpc) is 3.05. The number of hydrogen-bond acceptors (Lipinski definition) is 2. The number of pyridine rings is 1. The predicted molar refractivity (Wildman–Crippen MR) is 106 cm³/mol. The minimum Gasteiger partial charge on any atom is -0.314 e. The molecule has 2 aliphatic rings. The van der Waals surface area contributed by atoms with Crippen LogP contribution in [0.5, 0.6) is 0 Å². The zero-order valence-corrected chi connectivity index (χ0v) is 15.3. The van der Waals surface area contributed by atoms with Crippen molar-refractivity contribution < 1.29 is 9.18 Å². The van der Waals surface area contributed by atoms with Gasteiger partial charge in [-0.2, -0.15) is 4.39 Å². The lowest BCUT2D eigenvalue weighted by molar-refractivity contribution is 0.178. The summed E-state index contributed by atoms with van der Waals surface area (Å²) in [5.74, 6) is -0.398. The maximum absolute atomic E-state index is 14.1. The lowest BCUT2D eigenvalue weighted by Crippen LogP contribution is -2.44. The van der Waals surface area contributed by atoms with E-state index in [2.05, 4.69) is 10.3 Å². The molecule has 0 saturated carbocycles. The summed E-state index contributed by atoms with van der Waals surface area (Å²) in [6.45, 7) is 0. The van der Waals surface area contributed by atoms with Gasteiger partial charge in [0.1, 0.15) is 0 Å². The van der Waals surface area contributed by atoms with Crippen LogP contribution in [0.3, 0.4) is 0 Å². The Labute approximate surface area is 163 Å². The summed E-state index contributed by atoms with van der Waals surface area (Å²) in [4.78, 5) is 18.7. The van der Waals surface area contributed by atoms with Crippen LogP contribution in [0.15, 0.2) is 66.9 Å². The first-order chi connectivity index (χ1) is 13.7. The van der Waals surface area contributed by atoms with E-state index in [9.17, 15) is 9.18 Å². The van der Waals surface area contributed by atoms with Gasteiger partial charge in [0.15, 0.2) is 0 Å². The van der Waals surface area contributed by atoms with E-state index in [0.29, 0.717) is 12.0 Å². The number of aromatic nitrogens is 1. The van der Waals surface area contributed by atoms with E-state index in [4.69, 9.17) is 0 Å². The second-order valence-electron chi connectivity index (χ2n) is 7.40. The lowest BCUT2D eigenvalue weighted by atomic mass is 9.95. The van der Waals surface area contributed by atoms with E-state index in [0.717, 1.165) is 35.2 Å². The minimum atomic E-state index is -0.398. The van der Waals surface area contributed by atoms with Crippen molar-refractivity contribution >= 4 is 11.7 Å². The molecule has 3 heterocycles. The number of rotatable bonds is 2. The molecule has 0 aliphatic carbocycles. The highest BCUT2D eigenvalue weighted by molar-refractivity contribution is 5.91. The predicted octanol–water partition coefficient (Wildman–Crippen LogP) is 5.18. The molecule has 2 bridgehead atoms. The van der Waals surface area contributed by atoms with E-state index >= 15 is 0 Å². The molecule has 1 N–H and O–H groups in total. The molecule has 1 fully saturated rings. The summed E-state index contributed by atoms with van der Waals surface area (Å²) >= 11 is 0. The summed E-state index contributed by atoms with van der Waals surface area (Å²) in [5, 5.41) is 3.05. The number of hydrogen-bond donors (Lipinski definition) is 1. The van der Waals surface area contributed by atoms with Gasteiger partial charge in [0, 0.05) is 23.5 Å². The molecular formula is C23H20FN3O. The third kappa shape index (κ3) is 2.83. The summed E-state index contributed by atoms with van der Waals surface area (Å²) in [5.41, 5.74) is 4.49. The van der Waals surface area contributed by atoms with Gasteiger partial charge in [0.25, 0.3) is 0 Å². The van der Waals surface area contributed by atoms with Crippen LogP contribution < -0.4 is 5.32 Å². The quantitative estimate of drug-likeness (QED) is 0.629. The van der Waals surface area contributed by atoms with Gasteiger partial charge in [-0.3, -0.25) is 0 Å². The molecular weight excluding hydrogens is 353 g/mol. The van der Waals surface area contributed by atoms with Crippen molar-refractivity contribution in [3.05, 3.63) is 83.9 Å². The number of amides is 2. The van der Waals surface area contributed by atoms with Crippen molar-refractivity contribution in [2.24, 2.45) is 0 Å².